The number of hydrogen-bond donors (Lipinski definition) is 0. The summed E-state index contributed by atoms with van der Waals surface area (Å²) in [7, 11) is 0. The van der Waals surface area contributed by atoms with Gasteiger partial charge in [-0.2, -0.15) is 0 Å². The van der Waals surface area contributed by atoms with E-state index in [0.29, 0.717) is 15.7 Å². The molecule has 0 radical (unpaired) electrons. The molecule has 1 heterocycles. The summed E-state index contributed by atoms with van der Waals surface area (Å²) in [5.41, 5.74) is 0.625. The zero-order valence-corrected chi connectivity index (χ0v) is 11.5. The average molecular weight is 321 g/mol. The second kappa shape index (κ2) is 5.02. The lowest BCUT2D eigenvalue weighted by molar-refractivity contribution is -0.130. The predicted molar refractivity (Wildman–Crippen MR) is 70.2 cm³/mol. The molecule has 2 rings (SSSR count). The smallest absolute Gasteiger partial charge is 0.232 e. The highest BCUT2D eigenvalue weighted by atomic mass is 127. The molecule has 15 heavy (non-hydrogen) atoms. The Kier molecular flexibility index (Phi) is 3.91. The molecular weight excluding hydrogens is 301 g/mol. The summed E-state index contributed by atoms with van der Waals surface area (Å²) < 4.78 is 0.644. The Balaban J connectivity index is 1.88. The molecule has 2 fully saturated rings. The third kappa shape index (κ3) is 2.66. The van der Waals surface area contributed by atoms with Crippen molar-refractivity contribution < 1.29 is 4.79 Å². The minimum Gasteiger partial charge on any atom is -0.342 e. The van der Waals surface area contributed by atoms with Gasteiger partial charge < -0.3 is 4.90 Å². The maximum Gasteiger partial charge on any atom is 0.232 e. The molecule has 0 aromatic carbocycles. The summed E-state index contributed by atoms with van der Waals surface area (Å²) in [6, 6.07) is 0. The third-order valence-corrected chi connectivity index (χ3v) is 4.86. The molecule has 86 valence electrons. The van der Waals surface area contributed by atoms with E-state index in [-0.39, 0.29) is 0 Å². The molecule has 0 N–H and O–H groups in total. The van der Waals surface area contributed by atoms with Gasteiger partial charge in [0.2, 0.25) is 5.91 Å². The Morgan fingerprint density at radius 2 is 1.67 bits per heavy atom. The van der Waals surface area contributed by atoms with Crippen LogP contribution < -0.4 is 0 Å². The van der Waals surface area contributed by atoms with E-state index in [1.807, 2.05) is 0 Å². The first-order chi connectivity index (χ1) is 7.26. The minimum absolute atomic E-state index is 0.334. The first-order valence-electron chi connectivity index (χ1n) is 6.10. The van der Waals surface area contributed by atoms with Crippen molar-refractivity contribution in [2.75, 3.05) is 17.5 Å². The van der Waals surface area contributed by atoms with E-state index in [9.17, 15) is 4.79 Å². The highest BCUT2D eigenvalue weighted by Gasteiger charge is 2.36. The fourth-order valence-corrected chi connectivity index (χ4v) is 3.60. The zero-order chi connectivity index (χ0) is 10.7. The molecule has 0 aromatic heterocycles. The van der Waals surface area contributed by atoms with Crippen LogP contribution in [0, 0.1) is 5.41 Å². The van der Waals surface area contributed by atoms with Gasteiger partial charge in [0.15, 0.2) is 0 Å². The van der Waals surface area contributed by atoms with Crippen LogP contribution in [-0.2, 0) is 4.79 Å². The van der Waals surface area contributed by atoms with Crippen LogP contribution in [0.2, 0.25) is 0 Å². The molecule has 1 aliphatic carbocycles. The van der Waals surface area contributed by atoms with Crippen LogP contribution in [0.1, 0.15) is 44.9 Å². The van der Waals surface area contributed by atoms with Crippen LogP contribution >= 0.6 is 22.6 Å². The fourth-order valence-electron chi connectivity index (χ4n) is 3.12. The number of hydrogen-bond acceptors (Lipinski definition) is 1. The number of halogens is 1. The fraction of sp³-hybridized carbons (Fsp3) is 0.917. The number of piperidine rings is 1. The summed E-state index contributed by atoms with van der Waals surface area (Å²) in [5.74, 6) is 0.334. The van der Waals surface area contributed by atoms with Gasteiger partial charge in [0, 0.05) is 13.1 Å². The monoisotopic (exact) mass is 321 g/mol. The molecule has 1 saturated heterocycles. The topological polar surface area (TPSA) is 20.3 Å². The molecule has 1 saturated carbocycles. The number of rotatable bonds is 1. The lowest BCUT2D eigenvalue weighted by Gasteiger charge is -2.44. The standard InChI is InChI=1S/C12H20INO/c13-10-11(15)14-8-6-12(7-9-14)4-2-1-3-5-12/h1-10H2. The Morgan fingerprint density at radius 1 is 1.07 bits per heavy atom. The van der Waals surface area contributed by atoms with Crippen molar-refractivity contribution in [3.05, 3.63) is 0 Å². The minimum atomic E-state index is 0.334. The van der Waals surface area contributed by atoms with Crippen LogP contribution in [0.3, 0.4) is 0 Å². The van der Waals surface area contributed by atoms with Gasteiger partial charge in [-0.25, -0.2) is 0 Å². The Labute approximate surface area is 106 Å². The van der Waals surface area contributed by atoms with Crippen molar-refractivity contribution in [2.24, 2.45) is 5.41 Å². The summed E-state index contributed by atoms with van der Waals surface area (Å²) in [6.07, 6.45) is 9.61. The molecule has 3 heteroatoms. The maximum atomic E-state index is 11.6. The maximum absolute atomic E-state index is 11.6. The third-order valence-electron chi connectivity index (χ3n) is 4.21. The predicted octanol–water partition coefficient (Wildman–Crippen LogP) is 2.99. The summed E-state index contributed by atoms with van der Waals surface area (Å²) in [6.45, 7) is 2.03. The van der Waals surface area contributed by atoms with Crippen molar-refractivity contribution in [3.63, 3.8) is 0 Å². The highest BCUT2D eigenvalue weighted by molar-refractivity contribution is 14.1. The molecule has 0 atom stereocenters. The van der Waals surface area contributed by atoms with Crippen molar-refractivity contribution in [1.29, 1.82) is 0 Å². The first kappa shape index (κ1) is 11.7. The van der Waals surface area contributed by atoms with Crippen molar-refractivity contribution in [1.82, 2.24) is 4.90 Å². The van der Waals surface area contributed by atoms with Gasteiger partial charge in [-0.05, 0) is 31.1 Å². The van der Waals surface area contributed by atoms with Crippen LogP contribution in [0.25, 0.3) is 0 Å². The largest absolute Gasteiger partial charge is 0.342 e. The number of alkyl halides is 1. The number of likely N-dealkylation sites (tertiary alicyclic amines) is 1. The molecule has 1 aliphatic heterocycles. The van der Waals surface area contributed by atoms with Gasteiger partial charge in [0.05, 0.1) is 4.43 Å². The van der Waals surface area contributed by atoms with E-state index < -0.39 is 0 Å². The van der Waals surface area contributed by atoms with Crippen LogP contribution in [-0.4, -0.2) is 28.3 Å². The number of carbonyl (C=O) groups is 1. The van der Waals surface area contributed by atoms with Crippen molar-refractivity contribution in [3.8, 4) is 0 Å². The normalized spacial score (nSPS) is 25.5. The van der Waals surface area contributed by atoms with E-state index in [1.54, 1.807) is 0 Å². The second-order valence-electron chi connectivity index (χ2n) is 5.08. The molecule has 1 spiro atoms. The number of carbonyl (C=O) groups excluding carboxylic acids is 1. The quantitative estimate of drug-likeness (QED) is 0.537. The Hall–Kier alpha value is 0.200. The van der Waals surface area contributed by atoms with E-state index in [4.69, 9.17) is 0 Å². The summed E-state index contributed by atoms with van der Waals surface area (Å²) in [5, 5.41) is 0. The van der Waals surface area contributed by atoms with Gasteiger partial charge in [-0.15, -0.1) is 0 Å². The summed E-state index contributed by atoms with van der Waals surface area (Å²) in [4.78, 5) is 13.6. The summed E-state index contributed by atoms with van der Waals surface area (Å²) >= 11 is 2.17. The van der Waals surface area contributed by atoms with Gasteiger partial charge in [-0.3, -0.25) is 4.79 Å². The molecule has 1 amide bonds. The molecule has 0 unspecified atom stereocenters. The van der Waals surface area contributed by atoms with Crippen molar-refractivity contribution >= 4 is 28.5 Å². The van der Waals surface area contributed by atoms with Gasteiger partial charge in [0.1, 0.15) is 0 Å². The molecule has 2 aliphatic rings. The van der Waals surface area contributed by atoms with Gasteiger partial charge >= 0.3 is 0 Å². The molecular formula is C12H20INO. The number of nitrogens with zero attached hydrogens (tertiary/aromatic N) is 1. The Bertz CT molecular complexity index is 226. The first-order valence-corrected chi connectivity index (χ1v) is 7.62. The van der Waals surface area contributed by atoms with Gasteiger partial charge in [0.25, 0.3) is 0 Å². The van der Waals surface area contributed by atoms with Crippen molar-refractivity contribution in [2.45, 2.75) is 44.9 Å². The second-order valence-corrected chi connectivity index (χ2v) is 5.84. The lowest BCUT2D eigenvalue weighted by Crippen LogP contribution is -2.44. The van der Waals surface area contributed by atoms with Gasteiger partial charge in [-0.1, -0.05) is 41.9 Å². The Morgan fingerprint density at radius 3 is 2.20 bits per heavy atom. The van der Waals surface area contributed by atoms with E-state index in [2.05, 4.69) is 27.5 Å². The molecule has 0 bridgehead atoms. The van der Waals surface area contributed by atoms with Crippen LogP contribution in [0.15, 0.2) is 0 Å². The van der Waals surface area contributed by atoms with Crippen LogP contribution in [0.5, 0.6) is 0 Å². The van der Waals surface area contributed by atoms with E-state index in [0.717, 1.165) is 13.1 Å². The molecule has 0 aromatic rings. The SMILES string of the molecule is O=C(CI)N1CCC2(CCCCC2)CC1. The average Bonchev–Trinajstić information content (AvgIpc) is 2.30. The van der Waals surface area contributed by atoms with Crippen LogP contribution in [0.4, 0.5) is 0 Å². The highest BCUT2D eigenvalue weighted by Crippen LogP contribution is 2.44. The zero-order valence-electron chi connectivity index (χ0n) is 9.30. The molecule has 2 nitrogen and oxygen atoms in total. The van der Waals surface area contributed by atoms with E-state index in [1.165, 1.54) is 44.9 Å². The number of amides is 1. The van der Waals surface area contributed by atoms with E-state index >= 15 is 0 Å². The lowest BCUT2D eigenvalue weighted by atomic mass is 9.68.